The van der Waals surface area contributed by atoms with Crippen molar-refractivity contribution >= 4 is 55.4 Å². The molecule has 11 rings (SSSR count). The van der Waals surface area contributed by atoms with Crippen LogP contribution in [-0.4, -0.2) is 105 Å². The molecule has 2 saturated carbocycles. The molecule has 5 fully saturated rings. The van der Waals surface area contributed by atoms with E-state index in [1.54, 1.807) is 13.2 Å². The number of nitrogens with zero attached hydrogens (tertiary/aromatic N) is 5. The molecule has 3 atom stereocenters. The lowest BCUT2D eigenvalue weighted by molar-refractivity contribution is -0.384. The van der Waals surface area contributed by atoms with Gasteiger partial charge in [-0.1, -0.05) is 38.1 Å². The smallest absolute Gasteiger partial charge is 0.293 e. The van der Waals surface area contributed by atoms with Gasteiger partial charge in [0.2, 0.25) is 5.88 Å². The van der Waals surface area contributed by atoms with Gasteiger partial charge in [-0.25, -0.2) is 13.1 Å². The summed E-state index contributed by atoms with van der Waals surface area (Å²) in [6.45, 7) is 11.3. The minimum absolute atomic E-state index is 0.0763. The molecule has 72 heavy (non-hydrogen) atoms. The first kappa shape index (κ1) is 48.5. The van der Waals surface area contributed by atoms with Gasteiger partial charge in [0, 0.05) is 74.6 Å². The van der Waals surface area contributed by atoms with Gasteiger partial charge in [-0.15, -0.1) is 0 Å². The highest BCUT2D eigenvalue weighted by atomic mass is 32.2. The molecule has 3 saturated heterocycles. The normalized spacial score (nSPS) is 25.5. The minimum atomic E-state index is -4.60. The van der Waals surface area contributed by atoms with Crippen molar-refractivity contribution in [2.75, 3.05) is 68.2 Å². The van der Waals surface area contributed by atoms with E-state index < -0.39 is 20.9 Å². The summed E-state index contributed by atoms with van der Waals surface area (Å²) >= 11 is 0. The van der Waals surface area contributed by atoms with Crippen molar-refractivity contribution in [3.63, 3.8) is 0 Å². The summed E-state index contributed by atoms with van der Waals surface area (Å²) in [6.07, 6.45) is 12.1. The minimum Gasteiger partial charge on any atom is -0.470 e. The number of ether oxygens (including phenoxy) is 3. The van der Waals surface area contributed by atoms with Gasteiger partial charge in [0.25, 0.3) is 21.6 Å². The highest BCUT2D eigenvalue weighted by Crippen LogP contribution is 2.55. The Labute approximate surface area is 422 Å². The van der Waals surface area contributed by atoms with Crippen LogP contribution in [0.25, 0.3) is 11.0 Å². The molecular formula is C55H68N8O8S. The number of piperidine rings is 1. The number of carbonyl (C=O) groups excluding carboxylic acids is 1. The second kappa shape index (κ2) is 19.3. The molecule has 2 aliphatic carbocycles. The summed E-state index contributed by atoms with van der Waals surface area (Å²) in [6, 6.07) is 23.3. The van der Waals surface area contributed by atoms with Gasteiger partial charge >= 0.3 is 0 Å². The van der Waals surface area contributed by atoms with Crippen molar-refractivity contribution in [2.24, 2.45) is 17.3 Å². The number of nitrogens with one attached hydrogen (secondary N) is 3. The molecule has 1 amide bonds. The summed E-state index contributed by atoms with van der Waals surface area (Å²) in [5.41, 5.74) is 5.78. The van der Waals surface area contributed by atoms with E-state index in [1.807, 2.05) is 35.4 Å². The Kier molecular flexibility index (Phi) is 13.0. The Bertz CT molecular complexity index is 2960. The number of rotatable bonds is 13. The lowest BCUT2D eigenvalue weighted by Crippen LogP contribution is -2.55. The summed E-state index contributed by atoms with van der Waals surface area (Å²) in [4.78, 5) is 41.4. The first-order chi connectivity index (χ1) is 34.7. The molecule has 3 N–H and O–H groups in total. The fraction of sp³-hybridized carbons (Fsp3) is 0.527. The highest BCUT2D eigenvalue weighted by molar-refractivity contribution is 7.90. The van der Waals surface area contributed by atoms with Gasteiger partial charge < -0.3 is 34.3 Å². The Morgan fingerprint density at radius 3 is 2.53 bits per heavy atom. The lowest BCUT2D eigenvalue weighted by atomic mass is 9.59. The number of nitro groups is 1. The number of amides is 1. The molecule has 2 aromatic heterocycles. The van der Waals surface area contributed by atoms with Crippen molar-refractivity contribution in [2.45, 2.75) is 120 Å². The van der Waals surface area contributed by atoms with Crippen molar-refractivity contribution in [1.29, 1.82) is 0 Å². The average molecular weight is 1000 g/mol. The number of benzene rings is 3. The molecule has 3 aromatic carbocycles. The van der Waals surface area contributed by atoms with Gasteiger partial charge in [0.05, 0.1) is 39.9 Å². The molecule has 6 aliphatic rings. The van der Waals surface area contributed by atoms with Gasteiger partial charge in [0.1, 0.15) is 23.1 Å². The van der Waals surface area contributed by atoms with E-state index in [0.717, 1.165) is 75.3 Å². The first-order valence-corrected chi connectivity index (χ1v) is 27.6. The summed E-state index contributed by atoms with van der Waals surface area (Å²) < 4.78 is 48.8. The monoisotopic (exact) mass is 1000 g/mol. The molecule has 382 valence electrons. The number of anilines is 4. The predicted molar refractivity (Wildman–Crippen MR) is 278 cm³/mol. The quantitative estimate of drug-likeness (QED) is 0.0749. The number of pyridine rings is 1. The van der Waals surface area contributed by atoms with Gasteiger partial charge in [0.15, 0.2) is 0 Å². The zero-order valence-corrected chi connectivity index (χ0v) is 42.7. The third-order valence-corrected chi connectivity index (χ3v) is 18.6. The average Bonchev–Trinajstić information content (AvgIpc) is 4.14. The van der Waals surface area contributed by atoms with Gasteiger partial charge in [-0.2, -0.15) is 4.98 Å². The molecule has 16 nitrogen and oxygen atoms in total. The van der Waals surface area contributed by atoms with Crippen LogP contribution in [-0.2, 0) is 19.5 Å². The van der Waals surface area contributed by atoms with E-state index in [4.69, 9.17) is 19.2 Å². The summed E-state index contributed by atoms with van der Waals surface area (Å²) in [7, 11) is -2.87. The number of fused-ring (bicyclic) bond motifs is 3. The lowest BCUT2D eigenvalue weighted by Gasteiger charge is -2.56. The number of hydrogen-bond acceptors (Lipinski definition) is 13. The van der Waals surface area contributed by atoms with Crippen molar-refractivity contribution < 1.29 is 32.3 Å². The van der Waals surface area contributed by atoms with Crippen molar-refractivity contribution in [3.8, 4) is 5.88 Å². The molecule has 17 heteroatoms. The molecule has 0 bridgehead atoms. The van der Waals surface area contributed by atoms with Crippen LogP contribution in [0.2, 0.25) is 0 Å². The number of sulfonamides is 1. The molecular weight excluding hydrogens is 933 g/mol. The SMILES string of the molecule is COC1(C)CCC(CNc2ccc(S(=O)(=O)NC(=O)c3ccc(N4CCC5(CC4)CC(N4CCC[C@H]4c4ccccc4C(C)C)C5)cc3N3C[C@H]4COC[C@@H]4Oc4nc5[nH]ccc5cc43)cc2[N+](=O)[O-])CC1. The number of nitro benzene ring substituents is 1. The third-order valence-electron chi connectivity index (χ3n) is 17.3. The second-order valence-corrected chi connectivity index (χ2v) is 23.8. The van der Waals surface area contributed by atoms with E-state index in [9.17, 15) is 23.3 Å². The number of aromatic nitrogens is 2. The Morgan fingerprint density at radius 1 is 0.972 bits per heavy atom. The van der Waals surface area contributed by atoms with E-state index >= 15 is 0 Å². The summed E-state index contributed by atoms with van der Waals surface area (Å²) in [5.74, 6) is 0.219. The number of methoxy groups -OCH3 is 1. The number of H-pyrrole nitrogens is 1. The largest absolute Gasteiger partial charge is 0.470 e. The maximum Gasteiger partial charge on any atom is 0.293 e. The molecule has 1 spiro atoms. The second-order valence-electron chi connectivity index (χ2n) is 22.1. The van der Waals surface area contributed by atoms with Crippen LogP contribution in [0.3, 0.4) is 0 Å². The standard InChI is InChI=1S/C55H68N8O8S/c1-35(2)42-8-5-6-9-43(42)46-10-7-23-61(46)40-29-55(30-40)20-24-60(25-21-55)39-11-13-44(47(27-39)62-32-38-33-70-34-50(38)71-53-49(62)26-37-17-22-56-51(37)58-53)52(64)59-72(67,68)41-12-14-45(48(28-41)63(65)66)57-31-36-15-18-54(3,69-4)19-16-36/h5-6,8-9,11-14,17,22,26-28,35-36,38,40,46,50,57H,7,10,15-16,18-21,23-25,29-34H2,1-4H3,(H,56,58)(H,59,64)/t36?,38-,46-,50-,54?/m0/s1. The zero-order chi connectivity index (χ0) is 49.9. The van der Waals surface area contributed by atoms with Crippen LogP contribution in [0.1, 0.15) is 118 Å². The maximum atomic E-state index is 14.7. The maximum absolute atomic E-state index is 14.7. The van der Waals surface area contributed by atoms with Crippen molar-refractivity contribution in [3.05, 3.63) is 106 Å². The van der Waals surface area contributed by atoms with Crippen LogP contribution in [0.4, 0.5) is 28.4 Å². The summed E-state index contributed by atoms with van der Waals surface area (Å²) in [5, 5.41) is 16.5. The van der Waals surface area contributed by atoms with E-state index in [1.165, 1.54) is 48.9 Å². The number of hydrogen-bond donors (Lipinski definition) is 3. The molecule has 6 heterocycles. The number of likely N-dealkylation sites (tertiary alicyclic amines) is 1. The van der Waals surface area contributed by atoms with Crippen LogP contribution in [0.15, 0.2) is 83.9 Å². The molecule has 0 radical (unpaired) electrons. The third kappa shape index (κ3) is 9.30. The van der Waals surface area contributed by atoms with Crippen LogP contribution >= 0.6 is 0 Å². The van der Waals surface area contributed by atoms with Crippen LogP contribution in [0, 0.1) is 27.4 Å². The van der Waals surface area contributed by atoms with E-state index in [-0.39, 0.29) is 45.4 Å². The first-order valence-electron chi connectivity index (χ1n) is 26.1. The van der Waals surface area contributed by atoms with Gasteiger partial charge in [-0.05, 0) is 149 Å². The van der Waals surface area contributed by atoms with Crippen LogP contribution < -0.4 is 24.6 Å². The molecule has 4 aliphatic heterocycles. The fourth-order valence-electron chi connectivity index (χ4n) is 12.8. The zero-order valence-electron chi connectivity index (χ0n) is 41.9. The van der Waals surface area contributed by atoms with Crippen LogP contribution in [0.5, 0.6) is 5.88 Å². The number of aromatic amines is 1. The fourth-order valence-corrected chi connectivity index (χ4v) is 13.8. The Morgan fingerprint density at radius 2 is 1.76 bits per heavy atom. The predicted octanol–water partition coefficient (Wildman–Crippen LogP) is 9.85. The molecule has 0 unspecified atom stereocenters. The Hall–Kier alpha value is -5.75. The molecule has 5 aromatic rings. The van der Waals surface area contributed by atoms with Gasteiger partial charge in [-0.3, -0.25) is 19.8 Å². The van der Waals surface area contributed by atoms with E-state index in [0.29, 0.717) is 72.6 Å². The van der Waals surface area contributed by atoms with E-state index in [2.05, 4.69) is 69.9 Å². The van der Waals surface area contributed by atoms with Crippen molar-refractivity contribution in [1.82, 2.24) is 19.6 Å². The number of carbonyl (C=O) groups is 1. The topological polar surface area (TPSA) is 184 Å². The highest BCUT2D eigenvalue weighted by Gasteiger charge is 2.50. The Balaban J connectivity index is 0.854.